The summed E-state index contributed by atoms with van der Waals surface area (Å²) in [7, 11) is 0. The minimum absolute atomic E-state index is 0.119. The van der Waals surface area contributed by atoms with Crippen molar-refractivity contribution in [3.63, 3.8) is 0 Å². The molecule has 0 saturated heterocycles. The van der Waals surface area contributed by atoms with Crippen LogP contribution in [0.1, 0.15) is 38.1 Å². The molecule has 0 aliphatic carbocycles. The lowest BCUT2D eigenvalue weighted by molar-refractivity contribution is -0.123. The Kier molecular flexibility index (Phi) is 4.48. The van der Waals surface area contributed by atoms with Gasteiger partial charge in [0.25, 0.3) is 0 Å². The molecule has 4 nitrogen and oxygen atoms in total. The first-order valence-electron chi connectivity index (χ1n) is 5.92. The lowest BCUT2D eigenvalue weighted by atomic mass is 9.95. The van der Waals surface area contributed by atoms with Gasteiger partial charge in [0, 0.05) is 11.0 Å². The molecule has 0 aliphatic heterocycles. The lowest BCUT2D eigenvalue weighted by Gasteiger charge is -2.19. The number of hydrogen-bond acceptors (Lipinski definition) is 3. The van der Waals surface area contributed by atoms with Crippen molar-refractivity contribution in [3.05, 3.63) is 23.8 Å². The summed E-state index contributed by atoms with van der Waals surface area (Å²) in [5.74, 6) is 0.451. The van der Waals surface area contributed by atoms with Crippen molar-refractivity contribution >= 4 is 17.9 Å². The van der Waals surface area contributed by atoms with E-state index in [1.807, 2.05) is 27.7 Å². The molecule has 0 spiro atoms. The first-order valence-corrected chi connectivity index (χ1v) is 5.92. The predicted octanol–water partition coefficient (Wildman–Crippen LogP) is 2.88. The topological polar surface area (TPSA) is 55.4 Å². The molecule has 4 heteroatoms. The number of rotatable bonds is 4. The summed E-state index contributed by atoms with van der Waals surface area (Å²) in [5.41, 5.74) is 0.532. The van der Waals surface area contributed by atoms with Crippen molar-refractivity contribution in [1.29, 1.82) is 0 Å². The molecule has 0 aromatic heterocycles. The monoisotopic (exact) mass is 249 g/mol. The van der Waals surface area contributed by atoms with Crippen molar-refractivity contribution in [1.82, 2.24) is 0 Å². The van der Waals surface area contributed by atoms with Crippen LogP contribution in [0.3, 0.4) is 0 Å². The van der Waals surface area contributed by atoms with Crippen LogP contribution < -0.4 is 10.1 Å². The Hall–Kier alpha value is -1.84. The number of anilines is 1. The summed E-state index contributed by atoms with van der Waals surface area (Å²) in [6.07, 6.45) is 0.739. The molecule has 1 amide bonds. The molecular weight excluding hydrogens is 230 g/mol. The summed E-state index contributed by atoms with van der Waals surface area (Å²) in [5, 5.41) is 2.79. The van der Waals surface area contributed by atoms with E-state index in [4.69, 9.17) is 4.74 Å². The highest BCUT2D eigenvalue weighted by Gasteiger charge is 2.22. The van der Waals surface area contributed by atoms with E-state index in [1.54, 1.807) is 18.2 Å². The maximum absolute atomic E-state index is 11.9. The van der Waals surface area contributed by atoms with E-state index < -0.39 is 5.41 Å². The van der Waals surface area contributed by atoms with Crippen LogP contribution in [0.25, 0.3) is 0 Å². The fourth-order valence-corrected chi connectivity index (χ4v) is 1.31. The molecule has 18 heavy (non-hydrogen) atoms. The molecule has 0 aliphatic rings. The van der Waals surface area contributed by atoms with Crippen molar-refractivity contribution in [2.24, 2.45) is 5.41 Å². The highest BCUT2D eigenvalue weighted by atomic mass is 16.5. The van der Waals surface area contributed by atoms with Crippen LogP contribution in [0.5, 0.6) is 5.75 Å². The third-order valence-electron chi connectivity index (χ3n) is 2.37. The Balaban J connectivity index is 3.04. The SMILES string of the molecule is CCOc1ccc(C=O)cc1NC(=O)C(C)(C)C. The highest BCUT2D eigenvalue weighted by molar-refractivity contribution is 5.96. The number of carbonyl (C=O) groups excluding carboxylic acids is 2. The molecule has 0 bridgehead atoms. The average Bonchev–Trinajstić information content (AvgIpc) is 2.30. The molecule has 1 N–H and O–H groups in total. The van der Waals surface area contributed by atoms with Crippen molar-refractivity contribution in [3.8, 4) is 5.75 Å². The molecule has 0 fully saturated rings. The molecule has 0 heterocycles. The van der Waals surface area contributed by atoms with E-state index in [0.29, 0.717) is 23.6 Å². The van der Waals surface area contributed by atoms with Crippen LogP contribution in [0.4, 0.5) is 5.69 Å². The van der Waals surface area contributed by atoms with Gasteiger partial charge in [0.15, 0.2) is 0 Å². The van der Waals surface area contributed by atoms with Gasteiger partial charge in [-0.25, -0.2) is 0 Å². The molecular formula is C14H19NO3. The van der Waals surface area contributed by atoms with Crippen LogP contribution in [0.2, 0.25) is 0 Å². The Bertz CT molecular complexity index is 447. The molecule has 1 aromatic rings. The van der Waals surface area contributed by atoms with E-state index in [0.717, 1.165) is 6.29 Å². The van der Waals surface area contributed by atoms with Gasteiger partial charge in [-0.2, -0.15) is 0 Å². The van der Waals surface area contributed by atoms with Crippen molar-refractivity contribution in [2.75, 3.05) is 11.9 Å². The number of carbonyl (C=O) groups is 2. The van der Waals surface area contributed by atoms with Crippen LogP contribution in [-0.2, 0) is 4.79 Å². The van der Waals surface area contributed by atoms with Crippen LogP contribution >= 0.6 is 0 Å². The number of benzene rings is 1. The van der Waals surface area contributed by atoms with Gasteiger partial charge in [-0.15, -0.1) is 0 Å². The number of nitrogens with one attached hydrogen (secondary N) is 1. The minimum atomic E-state index is -0.499. The minimum Gasteiger partial charge on any atom is -0.492 e. The second-order valence-electron chi connectivity index (χ2n) is 5.01. The maximum Gasteiger partial charge on any atom is 0.229 e. The number of ether oxygens (including phenoxy) is 1. The quantitative estimate of drug-likeness (QED) is 0.835. The number of amides is 1. The zero-order valence-corrected chi connectivity index (χ0v) is 11.2. The summed E-state index contributed by atoms with van der Waals surface area (Å²) < 4.78 is 5.42. The Labute approximate surface area is 107 Å². The maximum atomic E-state index is 11.9. The molecule has 0 atom stereocenters. The van der Waals surface area contributed by atoms with Gasteiger partial charge in [-0.3, -0.25) is 9.59 Å². The summed E-state index contributed by atoms with van der Waals surface area (Å²) in [4.78, 5) is 22.7. The van der Waals surface area contributed by atoms with E-state index in [2.05, 4.69) is 5.32 Å². The standard InChI is InChI=1S/C14H19NO3/c1-5-18-12-7-6-10(9-16)8-11(12)15-13(17)14(2,3)4/h6-9H,5H2,1-4H3,(H,15,17). The Morgan fingerprint density at radius 3 is 2.56 bits per heavy atom. The number of aldehydes is 1. The smallest absolute Gasteiger partial charge is 0.229 e. The van der Waals surface area contributed by atoms with Gasteiger partial charge < -0.3 is 10.1 Å². The first kappa shape index (κ1) is 14.2. The summed E-state index contributed by atoms with van der Waals surface area (Å²) in [6, 6.07) is 4.96. The Morgan fingerprint density at radius 2 is 2.06 bits per heavy atom. The van der Waals surface area contributed by atoms with Crippen molar-refractivity contribution in [2.45, 2.75) is 27.7 Å². The summed E-state index contributed by atoms with van der Waals surface area (Å²) >= 11 is 0. The lowest BCUT2D eigenvalue weighted by Crippen LogP contribution is -2.27. The normalized spacial score (nSPS) is 10.9. The molecule has 0 saturated carbocycles. The largest absolute Gasteiger partial charge is 0.492 e. The molecule has 1 rings (SSSR count). The van der Waals surface area contributed by atoms with E-state index in [9.17, 15) is 9.59 Å². The second-order valence-corrected chi connectivity index (χ2v) is 5.01. The van der Waals surface area contributed by atoms with Gasteiger partial charge in [0.2, 0.25) is 5.91 Å². The molecule has 1 aromatic carbocycles. The van der Waals surface area contributed by atoms with Crippen LogP contribution in [-0.4, -0.2) is 18.8 Å². The van der Waals surface area contributed by atoms with E-state index in [1.165, 1.54) is 0 Å². The van der Waals surface area contributed by atoms with E-state index >= 15 is 0 Å². The van der Waals surface area contributed by atoms with Gasteiger partial charge in [0.1, 0.15) is 12.0 Å². The molecule has 0 unspecified atom stereocenters. The molecule has 98 valence electrons. The predicted molar refractivity (Wildman–Crippen MR) is 71.1 cm³/mol. The van der Waals surface area contributed by atoms with Crippen LogP contribution in [0, 0.1) is 5.41 Å². The highest BCUT2D eigenvalue weighted by Crippen LogP contribution is 2.27. The fraction of sp³-hybridized carbons (Fsp3) is 0.429. The molecule has 0 radical (unpaired) electrons. The summed E-state index contributed by atoms with van der Waals surface area (Å²) in [6.45, 7) is 7.84. The van der Waals surface area contributed by atoms with Crippen molar-refractivity contribution < 1.29 is 14.3 Å². The zero-order valence-electron chi connectivity index (χ0n) is 11.2. The third kappa shape index (κ3) is 3.58. The average molecular weight is 249 g/mol. The Morgan fingerprint density at radius 1 is 1.39 bits per heavy atom. The second kappa shape index (κ2) is 5.67. The van der Waals surface area contributed by atoms with Crippen LogP contribution in [0.15, 0.2) is 18.2 Å². The first-order chi connectivity index (χ1) is 8.38. The van der Waals surface area contributed by atoms with Gasteiger partial charge in [-0.05, 0) is 25.1 Å². The zero-order chi connectivity index (χ0) is 13.8. The van der Waals surface area contributed by atoms with Gasteiger partial charge >= 0.3 is 0 Å². The van der Waals surface area contributed by atoms with E-state index in [-0.39, 0.29) is 5.91 Å². The van der Waals surface area contributed by atoms with Gasteiger partial charge in [-0.1, -0.05) is 20.8 Å². The van der Waals surface area contributed by atoms with Gasteiger partial charge in [0.05, 0.1) is 12.3 Å². The number of hydrogen-bond donors (Lipinski definition) is 1. The fourth-order valence-electron chi connectivity index (χ4n) is 1.31. The third-order valence-corrected chi connectivity index (χ3v) is 2.37.